The minimum Gasteiger partial charge on any atom is -0.361 e. The fourth-order valence-electron chi connectivity index (χ4n) is 2.41. The average Bonchev–Trinajstić information content (AvgIpc) is 2.24. The zero-order chi connectivity index (χ0) is 10.7. The Bertz CT molecular complexity index is 254. The van der Waals surface area contributed by atoms with Gasteiger partial charge in [0.2, 0.25) is 0 Å². The second-order valence-electron chi connectivity index (χ2n) is 4.71. The van der Waals surface area contributed by atoms with E-state index in [-0.39, 0.29) is 6.10 Å². The third-order valence-electron chi connectivity index (χ3n) is 3.55. The molecule has 0 N–H and O–H groups in total. The molecule has 0 amide bonds. The van der Waals surface area contributed by atoms with Gasteiger partial charge in [-0.05, 0) is 18.3 Å². The number of nitrogens with zero attached hydrogens (tertiary/aromatic N) is 2. The maximum Gasteiger partial charge on any atom is 0.156 e. The van der Waals surface area contributed by atoms with Crippen LogP contribution in [0.2, 0.25) is 0 Å². The van der Waals surface area contributed by atoms with E-state index in [1.54, 1.807) is 0 Å². The van der Waals surface area contributed by atoms with Crippen LogP contribution in [0.15, 0.2) is 0 Å². The number of nitriles is 1. The van der Waals surface area contributed by atoms with Gasteiger partial charge >= 0.3 is 0 Å². The van der Waals surface area contributed by atoms with Crippen molar-refractivity contribution in [2.75, 3.05) is 31.6 Å². The highest BCUT2D eigenvalue weighted by Gasteiger charge is 2.38. The summed E-state index contributed by atoms with van der Waals surface area (Å²) in [5.41, 5.74) is 0.483. The van der Waals surface area contributed by atoms with Crippen LogP contribution in [0.1, 0.15) is 19.3 Å². The van der Waals surface area contributed by atoms with Crippen molar-refractivity contribution in [3.8, 4) is 6.07 Å². The predicted molar refractivity (Wildman–Crippen MR) is 61.9 cm³/mol. The second kappa shape index (κ2) is 4.82. The van der Waals surface area contributed by atoms with Crippen molar-refractivity contribution in [3.05, 3.63) is 0 Å². The lowest BCUT2D eigenvalue weighted by Crippen LogP contribution is -2.49. The molecule has 0 bridgehead atoms. The normalized spacial score (nSPS) is 30.5. The summed E-state index contributed by atoms with van der Waals surface area (Å²) in [5.74, 6) is 0. The van der Waals surface area contributed by atoms with Crippen LogP contribution in [0.5, 0.6) is 0 Å². The first-order valence-corrected chi connectivity index (χ1v) is 6.70. The van der Waals surface area contributed by atoms with E-state index in [0.29, 0.717) is 12.0 Å². The molecule has 15 heavy (non-hydrogen) atoms. The third kappa shape index (κ3) is 2.52. The molecule has 1 aliphatic heterocycles. The lowest BCUT2D eigenvalue weighted by Gasteiger charge is -2.45. The summed E-state index contributed by atoms with van der Waals surface area (Å²) in [6.45, 7) is 3.59. The van der Waals surface area contributed by atoms with Gasteiger partial charge in [-0.15, -0.1) is 0 Å². The summed E-state index contributed by atoms with van der Waals surface area (Å²) in [4.78, 5) is 2.39. The van der Waals surface area contributed by atoms with Crippen LogP contribution in [0.25, 0.3) is 0 Å². The molecule has 2 fully saturated rings. The highest BCUT2D eigenvalue weighted by atomic mass is 79.9. The first-order valence-electron chi connectivity index (χ1n) is 5.58. The lowest BCUT2D eigenvalue weighted by molar-refractivity contribution is -0.0245. The van der Waals surface area contributed by atoms with Crippen molar-refractivity contribution >= 4 is 15.9 Å². The van der Waals surface area contributed by atoms with Gasteiger partial charge in [0.05, 0.1) is 12.7 Å². The number of ether oxygens (including phenoxy) is 1. The number of halogens is 1. The van der Waals surface area contributed by atoms with Gasteiger partial charge in [0.25, 0.3) is 0 Å². The van der Waals surface area contributed by atoms with Crippen molar-refractivity contribution < 1.29 is 4.74 Å². The SMILES string of the molecule is N#CC1CN(CC2(CBr)CCC2)CCO1. The van der Waals surface area contributed by atoms with Gasteiger partial charge in [-0.3, -0.25) is 4.90 Å². The van der Waals surface area contributed by atoms with Crippen LogP contribution in [0, 0.1) is 16.7 Å². The van der Waals surface area contributed by atoms with Crippen molar-refractivity contribution in [3.63, 3.8) is 0 Å². The van der Waals surface area contributed by atoms with E-state index in [4.69, 9.17) is 10.00 Å². The van der Waals surface area contributed by atoms with Crippen LogP contribution >= 0.6 is 15.9 Å². The smallest absolute Gasteiger partial charge is 0.156 e. The Hall–Kier alpha value is -0.110. The van der Waals surface area contributed by atoms with Gasteiger partial charge in [-0.1, -0.05) is 22.4 Å². The highest BCUT2D eigenvalue weighted by molar-refractivity contribution is 9.09. The molecule has 84 valence electrons. The maximum absolute atomic E-state index is 8.82. The first kappa shape index (κ1) is 11.4. The molecule has 0 aromatic heterocycles. The van der Waals surface area contributed by atoms with Gasteiger partial charge in [0.15, 0.2) is 6.10 Å². The molecule has 1 saturated heterocycles. The molecule has 0 radical (unpaired) electrons. The Morgan fingerprint density at radius 1 is 1.53 bits per heavy atom. The zero-order valence-corrected chi connectivity index (χ0v) is 10.5. The van der Waals surface area contributed by atoms with Gasteiger partial charge in [-0.25, -0.2) is 0 Å². The fourth-order valence-corrected chi connectivity index (χ4v) is 3.15. The van der Waals surface area contributed by atoms with Crippen LogP contribution < -0.4 is 0 Å². The summed E-state index contributed by atoms with van der Waals surface area (Å²) in [7, 11) is 0. The number of hydrogen-bond acceptors (Lipinski definition) is 3. The van der Waals surface area contributed by atoms with Gasteiger partial charge < -0.3 is 4.74 Å². The molecule has 2 rings (SSSR count). The predicted octanol–water partition coefficient (Wildman–Crippen LogP) is 1.78. The minimum atomic E-state index is -0.216. The monoisotopic (exact) mass is 272 g/mol. The van der Waals surface area contributed by atoms with E-state index >= 15 is 0 Å². The molecular formula is C11H17BrN2O. The number of alkyl halides is 1. The topological polar surface area (TPSA) is 36.3 Å². The number of rotatable bonds is 3. The Morgan fingerprint density at radius 3 is 2.87 bits per heavy atom. The third-order valence-corrected chi connectivity index (χ3v) is 4.74. The molecule has 1 saturated carbocycles. The summed E-state index contributed by atoms with van der Waals surface area (Å²) < 4.78 is 5.34. The van der Waals surface area contributed by atoms with Crippen molar-refractivity contribution in [1.29, 1.82) is 5.26 Å². The standard InChI is InChI=1S/C11H17BrN2O/c12-8-11(2-1-3-11)9-14-4-5-15-10(6-13)7-14/h10H,1-5,7-9H2. The zero-order valence-electron chi connectivity index (χ0n) is 8.91. The van der Waals surface area contributed by atoms with Crippen LogP contribution in [0.4, 0.5) is 0 Å². The van der Waals surface area contributed by atoms with Gasteiger partial charge in [0.1, 0.15) is 0 Å². The van der Waals surface area contributed by atoms with Gasteiger partial charge in [-0.2, -0.15) is 5.26 Å². The molecule has 2 aliphatic rings. The van der Waals surface area contributed by atoms with E-state index in [1.807, 2.05) is 0 Å². The molecule has 1 unspecified atom stereocenters. The average molecular weight is 273 g/mol. The molecule has 3 nitrogen and oxygen atoms in total. The Kier molecular flexibility index (Phi) is 3.65. The fraction of sp³-hybridized carbons (Fsp3) is 0.909. The number of hydrogen-bond donors (Lipinski definition) is 0. The summed E-state index contributed by atoms with van der Waals surface area (Å²) >= 11 is 3.62. The van der Waals surface area contributed by atoms with E-state index in [1.165, 1.54) is 19.3 Å². The Morgan fingerprint density at radius 2 is 2.33 bits per heavy atom. The first-order chi connectivity index (χ1) is 7.28. The van der Waals surface area contributed by atoms with Crippen LogP contribution in [-0.2, 0) is 4.74 Å². The summed E-state index contributed by atoms with van der Waals surface area (Å²) in [6, 6.07) is 2.20. The Balaban J connectivity index is 1.86. The van der Waals surface area contributed by atoms with E-state index in [0.717, 1.165) is 25.0 Å². The quantitative estimate of drug-likeness (QED) is 0.735. The van der Waals surface area contributed by atoms with E-state index < -0.39 is 0 Å². The molecule has 1 heterocycles. The number of morpholine rings is 1. The van der Waals surface area contributed by atoms with Crippen molar-refractivity contribution in [2.24, 2.45) is 5.41 Å². The lowest BCUT2D eigenvalue weighted by atomic mass is 9.70. The summed E-state index contributed by atoms with van der Waals surface area (Å²) in [6.07, 6.45) is 3.79. The molecule has 0 spiro atoms. The Labute approximate surface area is 99.5 Å². The summed E-state index contributed by atoms with van der Waals surface area (Å²) in [5, 5.41) is 9.92. The molecule has 1 atom stereocenters. The minimum absolute atomic E-state index is 0.216. The van der Waals surface area contributed by atoms with E-state index in [9.17, 15) is 0 Å². The molecule has 0 aromatic rings. The molecule has 1 aliphatic carbocycles. The van der Waals surface area contributed by atoms with Crippen molar-refractivity contribution in [1.82, 2.24) is 4.90 Å². The highest BCUT2D eigenvalue weighted by Crippen LogP contribution is 2.43. The molecular weight excluding hydrogens is 256 g/mol. The van der Waals surface area contributed by atoms with Crippen LogP contribution in [0.3, 0.4) is 0 Å². The van der Waals surface area contributed by atoms with Crippen molar-refractivity contribution in [2.45, 2.75) is 25.4 Å². The second-order valence-corrected chi connectivity index (χ2v) is 5.27. The van der Waals surface area contributed by atoms with Crippen LogP contribution in [-0.4, -0.2) is 42.6 Å². The molecule has 4 heteroatoms. The molecule has 0 aromatic carbocycles. The van der Waals surface area contributed by atoms with Gasteiger partial charge in [0, 0.05) is 25.0 Å². The van der Waals surface area contributed by atoms with E-state index in [2.05, 4.69) is 26.9 Å². The maximum atomic E-state index is 8.82. The largest absolute Gasteiger partial charge is 0.361 e.